The molecule has 0 saturated heterocycles. The number of hydrogen-bond donors (Lipinski definition) is 2. The molecule has 3 N–H and O–H groups in total. The van der Waals surface area contributed by atoms with Gasteiger partial charge < -0.3 is 20.3 Å². The molecule has 4 nitrogen and oxygen atoms in total. The summed E-state index contributed by atoms with van der Waals surface area (Å²) in [6, 6.07) is 5.77. The summed E-state index contributed by atoms with van der Waals surface area (Å²) in [4.78, 5) is 0. The molecule has 0 amide bonds. The molecule has 2 unspecified atom stereocenters. The number of benzene rings is 1. The topological polar surface area (TPSA) is 64.7 Å². The van der Waals surface area contributed by atoms with Crippen molar-refractivity contribution < 1.29 is 14.6 Å². The molecular weight excluding hydrogens is 254 g/mol. The number of methoxy groups -OCH3 is 2. The zero-order valence-electron chi connectivity index (χ0n) is 12.3. The summed E-state index contributed by atoms with van der Waals surface area (Å²) in [5, 5.41) is 10.6. The van der Waals surface area contributed by atoms with Crippen molar-refractivity contribution >= 4 is 0 Å². The highest BCUT2D eigenvalue weighted by Crippen LogP contribution is 2.37. The second kappa shape index (κ2) is 6.95. The monoisotopic (exact) mass is 279 g/mol. The molecule has 0 aromatic heterocycles. The van der Waals surface area contributed by atoms with Crippen molar-refractivity contribution in [2.45, 2.75) is 37.7 Å². The molecule has 1 aromatic rings. The van der Waals surface area contributed by atoms with Crippen molar-refractivity contribution in [3.63, 3.8) is 0 Å². The van der Waals surface area contributed by atoms with Crippen molar-refractivity contribution in [1.29, 1.82) is 0 Å². The quantitative estimate of drug-likeness (QED) is 0.838. The highest BCUT2D eigenvalue weighted by Gasteiger charge is 2.30. The largest absolute Gasteiger partial charge is 0.493 e. The van der Waals surface area contributed by atoms with Crippen LogP contribution in [0.25, 0.3) is 0 Å². The van der Waals surface area contributed by atoms with Crippen molar-refractivity contribution in [2.75, 3.05) is 20.8 Å². The van der Waals surface area contributed by atoms with E-state index in [2.05, 4.69) is 0 Å². The van der Waals surface area contributed by atoms with E-state index < -0.39 is 0 Å². The van der Waals surface area contributed by atoms with E-state index in [-0.39, 0.29) is 12.0 Å². The first-order chi connectivity index (χ1) is 9.71. The molecule has 0 spiro atoms. The third-order valence-corrected chi connectivity index (χ3v) is 4.38. The third-order valence-electron chi connectivity index (χ3n) is 4.38. The Balaban J connectivity index is 2.22. The van der Waals surface area contributed by atoms with Crippen LogP contribution in [0.2, 0.25) is 0 Å². The van der Waals surface area contributed by atoms with Crippen LogP contribution in [0.1, 0.15) is 37.2 Å². The maximum atomic E-state index is 10.6. The van der Waals surface area contributed by atoms with Gasteiger partial charge in [-0.3, -0.25) is 0 Å². The van der Waals surface area contributed by atoms with Gasteiger partial charge in [-0.05, 0) is 36.5 Å². The second-order valence-corrected chi connectivity index (χ2v) is 5.49. The molecule has 1 aliphatic rings. The predicted octanol–water partition coefficient (Wildman–Crippen LogP) is 2.30. The Bertz CT molecular complexity index is 430. The Hall–Kier alpha value is -1.26. The van der Waals surface area contributed by atoms with Gasteiger partial charge in [0.15, 0.2) is 11.5 Å². The molecule has 1 saturated carbocycles. The standard InChI is InChI=1S/C16H25NO3/c1-19-14-8-7-12(9-15(14)20-2)13(10-17)16(18)11-5-3-4-6-11/h7-9,11,13,16,18H,3-6,10,17H2,1-2H3. The number of hydrogen-bond acceptors (Lipinski definition) is 4. The lowest BCUT2D eigenvalue weighted by atomic mass is 9.85. The van der Waals surface area contributed by atoms with E-state index >= 15 is 0 Å². The van der Waals surface area contributed by atoms with Crippen LogP contribution in [0.5, 0.6) is 11.5 Å². The second-order valence-electron chi connectivity index (χ2n) is 5.49. The van der Waals surface area contributed by atoms with E-state index in [9.17, 15) is 5.11 Å². The summed E-state index contributed by atoms with van der Waals surface area (Å²) in [6.45, 7) is 0.438. The number of rotatable bonds is 6. The number of aliphatic hydroxyl groups is 1. The molecule has 0 heterocycles. The maximum Gasteiger partial charge on any atom is 0.160 e. The van der Waals surface area contributed by atoms with Crippen LogP contribution in [0, 0.1) is 5.92 Å². The first kappa shape index (κ1) is 15.1. The molecule has 4 heteroatoms. The fourth-order valence-electron chi connectivity index (χ4n) is 3.18. The number of aliphatic hydroxyl groups excluding tert-OH is 1. The van der Waals surface area contributed by atoms with Crippen molar-refractivity contribution in [3.05, 3.63) is 23.8 Å². The third kappa shape index (κ3) is 3.07. The SMILES string of the molecule is COc1ccc(C(CN)C(O)C2CCCC2)cc1OC. The molecule has 1 aliphatic carbocycles. The van der Waals surface area contributed by atoms with Crippen LogP contribution >= 0.6 is 0 Å². The zero-order valence-corrected chi connectivity index (χ0v) is 12.3. The van der Waals surface area contributed by atoms with Gasteiger partial charge in [0.25, 0.3) is 0 Å². The fourth-order valence-corrected chi connectivity index (χ4v) is 3.18. The molecule has 2 rings (SSSR count). The van der Waals surface area contributed by atoms with Gasteiger partial charge in [0.05, 0.1) is 20.3 Å². The average Bonchev–Trinajstić information content (AvgIpc) is 3.01. The smallest absolute Gasteiger partial charge is 0.160 e. The minimum absolute atomic E-state index is 0.0436. The summed E-state index contributed by atoms with van der Waals surface area (Å²) in [5.74, 6) is 1.71. The zero-order chi connectivity index (χ0) is 14.5. The van der Waals surface area contributed by atoms with E-state index in [4.69, 9.17) is 15.2 Å². The van der Waals surface area contributed by atoms with Crippen molar-refractivity contribution in [1.82, 2.24) is 0 Å². The van der Waals surface area contributed by atoms with Crippen molar-refractivity contribution in [3.8, 4) is 11.5 Å². The van der Waals surface area contributed by atoms with Crippen molar-refractivity contribution in [2.24, 2.45) is 11.7 Å². The minimum Gasteiger partial charge on any atom is -0.493 e. The molecule has 0 radical (unpaired) electrons. The normalized spacial score (nSPS) is 18.8. The van der Waals surface area contributed by atoms with Gasteiger partial charge in [-0.25, -0.2) is 0 Å². The van der Waals surface area contributed by atoms with Gasteiger partial charge >= 0.3 is 0 Å². The van der Waals surface area contributed by atoms with Crippen LogP contribution in [0.4, 0.5) is 0 Å². The molecule has 2 atom stereocenters. The van der Waals surface area contributed by atoms with Gasteiger partial charge in [0.2, 0.25) is 0 Å². The fraction of sp³-hybridized carbons (Fsp3) is 0.625. The Kier molecular flexibility index (Phi) is 5.26. The van der Waals surface area contributed by atoms with Crippen LogP contribution in [-0.4, -0.2) is 32.0 Å². The Morgan fingerprint density at radius 3 is 2.40 bits per heavy atom. The summed E-state index contributed by atoms with van der Waals surface area (Å²) in [6.07, 6.45) is 4.26. The van der Waals surface area contributed by atoms with E-state index in [1.165, 1.54) is 12.8 Å². The van der Waals surface area contributed by atoms with Gasteiger partial charge in [0.1, 0.15) is 0 Å². The van der Waals surface area contributed by atoms with E-state index in [1.54, 1.807) is 14.2 Å². The van der Waals surface area contributed by atoms with Gasteiger partial charge in [-0.1, -0.05) is 18.9 Å². The highest BCUT2D eigenvalue weighted by molar-refractivity contribution is 5.44. The minimum atomic E-state index is -0.374. The van der Waals surface area contributed by atoms with Crippen LogP contribution in [-0.2, 0) is 0 Å². The first-order valence-corrected chi connectivity index (χ1v) is 7.31. The van der Waals surface area contributed by atoms with E-state index in [0.29, 0.717) is 24.0 Å². The summed E-state index contributed by atoms with van der Waals surface area (Å²) >= 11 is 0. The molecule has 1 fully saturated rings. The molecule has 20 heavy (non-hydrogen) atoms. The summed E-state index contributed by atoms with van der Waals surface area (Å²) in [5.41, 5.74) is 6.92. The molecule has 112 valence electrons. The number of nitrogens with two attached hydrogens (primary N) is 1. The lowest BCUT2D eigenvalue weighted by molar-refractivity contribution is 0.0850. The lowest BCUT2D eigenvalue weighted by Gasteiger charge is -2.27. The van der Waals surface area contributed by atoms with Crippen LogP contribution in [0.3, 0.4) is 0 Å². The molecule has 0 aliphatic heterocycles. The van der Waals surface area contributed by atoms with E-state index in [1.807, 2.05) is 18.2 Å². The van der Waals surface area contributed by atoms with Crippen LogP contribution in [0.15, 0.2) is 18.2 Å². The predicted molar refractivity (Wildman–Crippen MR) is 79.3 cm³/mol. The van der Waals surface area contributed by atoms with Gasteiger partial charge in [0, 0.05) is 12.5 Å². The molecular formula is C16H25NO3. The Morgan fingerprint density at radius 2 is 1.85 bits per heavy atom. The summed E-state index contributed by atoms with van der Waals surface area (Å²) in [7, 11) is 3.23. The molecule has 0 bridgehead atoms. The maximum absolute atomic E-state index is 10.6. The Labute approximate surface area is 120 Å². The Morgan fingerprint density at radius 1 is 1.20 bits per heavy atom. The summed E-state index contributed by atoms with van der Waals surface area (Å²) < 4.78 is 10.6. The first-order valence-electron chi connectivity index (χ1n) is 7.31. The highest BCUT2D eigenvalue weighted by atomic mass is 16.5. The molecule has 1 aromatic carbocycles. The van der Waals surface area contributed by atoms with E-state index in [0.717, 1.165) is 18.4 Å². The average molecular weight is 279 g/mol. The lowest BCUT2D eigenvalue weighted by Crippen LogP contribution is -2.31. The van der Waals surface area contributed by atoms with Crippen LogP contribution < -0.4 is 15.2 Å². The van der Waals surface area contributed by atoms with Gasteiger partial charge in [-0.2, -0.15) is 0 Å². The number of ether oxygens (including phenoxy) is 2. The van der Waals surface area contributed by atoms with Gasteiger partial charge in [-0.15, -0.1) is 0 Å².